The third-order valence-electron chi connectivity index (χ3n) is 2.68. The van der Waals surface area contributed by atoms with E-state index in [0.29, 0.717) is 6.61 Å². The first kappa shape index (κ1) is 8.97. The molecule has 0 spiro atoms. The summed E-state index contributed by atoms with van der Waals surface area (Å²) < 4.78 is 1.04. The molecule has 0 atom stereocenters. The van der Waals surface area contributed by atoms with Crippen LogP contribution >= 0.6 is 0 Å². The second-order valence-electron chi connectivity index (χ2n) is 3.82. The first-order chi connectivity index (χ1) is 5.16. The number of aliphatic hydroxyl groups is 1. The van der Waals surface area contributed by atoms with E-state index < -0.39 is 0 Å². The molecule has 1 aliphatic heterocycles. The minimum atomic E-state index is 0.320. The van der Waals surface area contributed by atoms with Crippen LogP contribution in [-0.4, -0.2) is 67.9 Å². The first-order valence-corrected chi connectivity index (χ1v) is 4.29. The van der Waals surface area contributed by atoms with Gasteiger partial charge in [0, 0.05) is 13.1 Å². The van der Waals surface area contributed by atoms with Gasteiger partial charge in [-0.3, -0.25) is 4.90 Å². The Hall–Kier alpha value is -0.120. The fraction of sp³-hybridized carbons (Fsp3) is 1.00. The van der Waals surface area contributed by atoms with Crippen LogP contribution in [0.3, 0.4) is 0 Å². The maximum absolute atomic E-state index is 8.82. The number of aliphatic hydroxyl groups excluding tert-OH is 1. The van der Waals surface area contributed by atoms with Gasteiger partial charge in [-0.05, 0) is 7.05 Å². The smallest absolute Gasteiger partial charge is 0.102 e. The summed E-state index contributed by atoms with van der Waals surface area (Å²) in [5, 5.41) is 8.82. The molecule has 66 valence electrons. The van der Waals surface area contributed by atoms with Gasteiger partial charge >= 0.3 is 0 Å². The first-order valence-electron chi connectivity index (χ1n) is 4.29. The van der Waals surface area contributed by atoms with Gasteiger partial charge in [0.25, 0.3) is 0 Å². The van der Waals surface area contributed by atoms with Gasteiger partial charge < -0.3 is 9.59 Å². The maximum atomic E-state index is 8.82. The van der Waals surface area contributed by atoms with Crippen LogP contribution < -0.4 is 0 Å². The summed E-state index contributed by atoms with van der Waals surface area (Å²) in [5.41, 5.74) is 0. The molecule has 0 aromatic carbocycles. The Bertz CT molecular complexity index is 119. The van der Waals surface area contributed by atoms with Crippen LogP contribution in [0.15, 0.2) is 0 Å². The van der Waals surface area contributed by atoms with Crippen LogP contribution in [0.2, 0.25) is 0 Å². The fourth-order valence-corrected chi connectivity index (χ4v) is 1.51. The average molecular weight is 159 g/mol. The van der Waals surface area contributed by atoms with E-state index in [0.717, 1.165) is 24.1 Å². The van der Waals surface area contributed by atoms with Crippen molar-refractivity contribution in [1.82, 2.24) is 4.90 Å². The Labute approximate surface area is 68.8 Å². The lowest BCUT2D eigenvalue weighted by atomic mass is 10.3. The molecule has 0 bridgehead atoms. The molecule has 1 N–H and O–H groups in total. The summed E-state index contributed by atoms with van der Waals surface area (Å²) in [6, 6.07) is 0. The van der Waals surface area contributed by atoms with Crippen molar-refractivity contribution in [3.8, 4) is 0 Å². The molecular formula is C8H19N2O+. The summed E-state index contributed by atoms with van der Waals surface area (Å²) in [6.07, 6.45) is 0. The van der Waals surface area contributed by atoms with Crippen LogP contribution in [0, 0.1) is 0 Å². The summed E-state index contributed by atoms with van der Waals surface area (Å²) >= 11 is 0. The lowest BCUT2D eigenvalue weighted by Crippen LogP contribution is -2.57. The van der Waals surface area contributed by atoms with Gasteiger partial charge in [-0.2, -0.15) is 0 Å². The maximum Gasteiger partial charge on any atom is 0.102 e. The Morgan fingerprint density at radius 2 is 1.91 bits per heavy atom. The van der Waals surface area contributed by atoms with Crippen molar-refractivity contribution in [2.45, 2.75) is 0 Å². The van der Waals surface area contributed by atoms with E-state index in [1.165, 1.54) is 13.1 Å². The molecule has 0 aromatic rings. The van der Waals surface area contributed by atoms with E-state index in [4.69, 9.17) is 5.11 Å². The molecule has 0 saturated carbocycles. The van der Waals surface area contributed by atoms with Crippen molar-refractivity contribution in [1.29, 1.82) is 0 Å². The second kappa shape index (κ2) is 3.52. The minimum Gasteiger partial charge on any atom is -0.391 e. The topological polar surface area (TPSA) is 23.5 Å². The predicted molar refractivity (Wildman–Crippen MR) is 45.4 cm³/mol. The normalized spacial score (nSPS) is 25.4. The van der Waals surface area contributed by atoms with Crippen LogP contribution in [-0.2, 0) is 0 Å². The standard InChI is InChI=1S/C8H19N2O/c1-9-3-5-10(2,6-4-9)7-8-11/h11H,3-8H2,1-2H3/q+1. The highest BCUT2D eigenvalue weighted by Crippen LogP contribution is 2.07. The molecule has 0 unspecified atom stereocenters. The number of rotatable bonds is 2. The Balaban J connectivity index is 2.35. The molecule has 1 fully saturated rings. The van der Waals surface area contributed by atoms with E-state index in [-0.39, 0.29) is 0 Å². The molecule has 11 heavy (non-hydrogen) atoms. The van der Waals surface area contributed by atoms with Crippen LogP contribution in [0.5, 0.6) is 0 Å². The van der Waals surface area contributed by atoms with Gasteiger partial charge in [-0.25, -0.2) is 0 Å². The second-order valence-corrected chi connectivity index (χ2v) is 3.82. The highest BCUT2D eigenvalue weighted by atomic mass is 16.3. The lowest BCUT2D eigenvalue weighted by Gasteiger charge is -2.40. The van der Waals surface area contributed by atoms with Crippen LogP contribution in [0.1, 0.15) is 0 Å². The van der Waals surface area contributed by atoms with Gasteiger partial charge in [0.1, 0.15) is 6.54 Å². The summed E-state index contributed by atoms with van der Waals surface area (Å²) in [7, 11) is 4.38. The van der Waals surface area contributed by atoms with Crippen molar-refractivity contribution >= 4 is 0 Å². The number of hydrogen-bond acceptors (Lipinski definition) is 2. The van der Waals surface area contributed by atoms with E-state index >= 15 is 0 Å². The Morgan fingerprint density at radius 3 is 2.36 bits per heavy atom. The van der Waals surface area contributed by atoms with Crippen molar-refractivity contribution < 1.29 is 9.59 Å². The third-order valence-corrected chi connectivity index (χ3v) is 2.68. The molecule has 0 amide bonds. The number of hydrogen-bond donors (Lipinski definition) is 1. The molecule has 1 heterocycles. The van der Waals surface area contributed by atoms with Gasteiger partial charge in [0.2, 0.25) is 0 Å². The fourth-order valence-electron chi connectivity index (χ4n) is 1.51. The van der Waals surface area contributed by atoms with E-state index in [1.54, 1.807) is 0 Å². The predicted octanol–water partition coefficient (Wildman–Crippen LogP) is -0.629. The van der Waals surface area contributed by atoms with Crippen LogP contribution in [0.4, 0.5) is 0 Å². The molecule has 1 aliphatic rings. The number of piperazine rings is 1. The lowest BCUT2D eigenvalue weighted by molar-refractivity contribution is -0.913. The van der Waals surface area contributed by atoms with Crippen molar-refractivity contribution in [3.63, 3.8) is 0 Å². The van der Waals surface area contributed by atoms with Gasteiger partial charge in [-0.1, -0.05) is 0 Å². The monoisotopic (exact) mass is 159 g/mol. The molecule has 1 saturated heterocycles. The highest BCUT2D eigenvalue weighted by Gasteiger charge is 2.25. The molecule has 0 aliphatic carbocycles. The molecular weight excluding hydrogens is 140 g/mol. The van der Waals surface area contributed by atoms with E-state index in [1.807, 2.05) is 0 Å². The number of nitrogens with zero attached hydrogens (tertiary/aromatic N) is 2. The molecule has 3 nitrogen and oxygen atoms in total. The number of likely N-dealkylation sites (N-methyl/N-ethyl adjacent to an activating group) is 2. The van der Waals surface area contributed by atoms with Gasteiger partial charge in [0.15, 0.2) is 0 Å². The van der Waals surface area contributed by atoms with E-state index in [9.17, 15) is 0 Å². The van der Waals surface area contributed by atoms with Crippen molar-refractivity contribution in [2.75, 3.05) is 53.4 Å². The SMILES string of the molecule is CN1CC[N+](C)(CCO)CC1. The van der Waals surface area contributed by atoms with Gasteiger partial charge in [0.05, 0.1) is 26.7 Å². The Morgan fingerprint density at radius 1 is 1.36 bits per heavy atom. The molecule has 1 rings (SSSR count). The highest BCUT2D eigenvalue weighted by molar-refractivity contribution is 4.57. The zero-order chi connectivity index (χ0) is 8.32. The molecule has 0 aromatic heterocycles. The van der Waals surface area contributed by atoms with Gasteiger partial charge in [-0.15, -0.1) is 0 Å². The van der Waals surface area contributed by atoms with E-state index in [2.05, 4.69) is 19.0 Å². The zero-order valence-corrected chi connectivity index (χ0v) is 7.58. The quantitative estimate of drug-likeness (QED) is 0.542. The van der Waals surface area contributed by atoms with Crippen molar-refractivity contribution in [3.05, 3.63) is 0 Å². The largest absolute Gasteiger partial charge is 0.391 e. The summed E-state index contributed by atoms with van der Waals surface area (Å²) in [5.74, 6) is 0. The summed E-state index contributed by atoms with van der Waals surface area (Å²) in [6.45, 7) is 5.91. The zero-order valence-electron chi connectivity index (χ0n) is 7.58. The Kier molecular flexibility index (Phi) is 2.87. The molecule has 3 heteroatoms. The third kappa shape index (κ3) is 2.43. The summed E-state index contributed by atoms with van der Waals surface area (Å²) in [4.78, 5) is 2.34. The van der Waals surface area contributed by atoms with Crippen LogP contribution in [0.25, 0.3) is 0 Å². The minimum absolute atomic E-state index is 0.320. The average Bonchev–Trinajstić information content (AvgIpc) is 1.97. The van der Waals surface area contributed by atoms with Crippen molar-refractivity contribution in [2.24, 2.45) is 0 Å². The molecule has 0 radical (unpaired) electrons. The number of quaternary nitrogens is 1.